The third-order valence-electron chi connectivity index (χ3n) is 5.15. The number of carbonyl (C=O) groups is 3. The maximum Gasteiger partial charge on any atom is 0.255 e. The lowest BCUT2D eigenvalue weighted by Gasteiger charge is -2.24. The van der Waals surface area contributed by atoms with Crippen molar-refractivity contribution in [3.05, 3.63) is 65.9 Å². The number of nitrogens with one attached hydrogen (secondary N) is 3. The lowest BCUT2D eigenvalue weighted by atomic mass is 10.0. The van der Waals surface area contributed by atoms with E-state index in [1.54, 1.807) is 48.2 Å². The standard InChI is InChI=1S/C24H32N4O3/c1-5-9-21(24(31)26-19-12-14-25-15-13-19)22(6-2)27-23(30)18-10-8-11-20(16-18)28(7-3)17(4)29/h5-6,8-11,16,19,25H,1,7,12-15H2,2-4H3,(H,26,31)(H,27,30)/b21-9+,22-6+. The summed E-state index contributed by atoms with van der Waals surface area (Å²) in [7, 11) is 0. The first-order chi connectivity index (χ1) is 14.9. The van der Waals surface area contributed by atoms with Crippen LogP contribution in [0.2, 0.25) is 0 Å². The van der Waals surface area contributed by atoms with E-state index in [2.05, 4.69) is 22.5 Å². The third-order valence-corrected chi connectivity index (χ3v) is 5.15. The molecule has 1 aliphatic heterocycles. The molecule has 7 nitrogen and oxygen atoms in total. The fourth-order valence-corrected chi connectivity index (χ4v) is 3.53. The fourth-order valence-electron chi connectivity index (χ4n) is 3.53. The summed E-state index contributed by atoms with van der Waals surface area (Å²) >= 11 is 0. The number of allylic oxidation sites excluding steroid dienone is 3. The van der Waals surface area contributed by atoms with E-state index in [1.165, 1.54) is 13.0 Å². The van der Waals surface area contributed by atoms with E-state index in [9.17, 15) is 14.4 Å². The average Bonchev–Trinajstić information content (AvgIpc) is 2.77. The summed E-state index contributed by atoms with van der Waals surface area (Å²) in [4.78, 5) is 39.2. The molecule has 1 heterocycles. The Hall–Kier alpha value is -3.19. The molecule has 2 rings (SSSR count). The highest BCUT2D eigenvalue weighted by Gasteiger charge is 2.21. The molecule has 3 amide bonds. The van der Waals surface area contributed by atoms with E-state index in [0.29, 0.717) is 29.1 Å². The molecule has 0 radical (unpaired) electrons. The van der Waals surface area contributed by atoms with E-state index in [1.807, 2.05) is 6.92 Å². The Morgan fingerprint density at radius 2 is 1.97 bits per heavy atom. The van der Waals surface area contributed by atoms with E-state index in [4.69, 9.17) is 0 Å². The number of piperidine rings is 1. The van der Waals surface area contributed by atoms with Gasteiger partial charge in [-0.15, -0.1) is 0 Å². The summed E-state index contributed by atoms with van der Waals surface area (Å²) in [6, 6.07) is 6.95. The lowest BCUT2D eigenvalue weighted by molar-refractivity contribution is -0.118. The summed E-state index contributed by atoms with van der Waals surface area (Å²) in [6.07, 6.45) is 6.53. The molecule has 0 bridgehead atoms. The minimum absolute atomic E-state index is 0.0964. The molecular formula is C24H32N4O3. The molecule has 1 saturated heterocycles. The molecule has 0 atom stereocenters. The Balaban J connectivity index is 2.18. The van der Waals surface area contributed by atoms with Crippen LogP contribution in [0.5, 0.6) is 0 Å². The van der Waals surface area contributed by atoms with Crippen LogP contribution in [0.3, 0.4) is 0 Å². The first kappa shape index (κ1) is 24.1. The number of rotatable bonds is 8. The molecule has 0 saturated carbocycles. The van der Waals surface area contributed by atoms with E-state index >= 15 is 0 Å². The minimum atomic E-state index is -0.362. The van der Waals surface area contributed by atoms with Crippen molar-refractivity contribution in [2.45, 2.75) is 39.7 Å². The van der Waals surface area contributed by atoms with Crippen molar-refractivity contribution in [3.63, 3.8) is 0 Å². The number of benzene rings is 1. The summed E-state index contributed by atoms with van der Waals surface area (Å²) in [6.45, 7) is 11.1. The van der Waals surface area contributed by atoms with Gasteiger partial charge in [0.25, 0.3) is 11.8 Å². The van der Waals surface area contributed by atoms with Gasteiger partial charge in [-0.3, -0.25) is 14.4 Å². The largest absolute Gasteiger partial charge is 0.349 e. The number of carbonyl (C=O) groups excluding carboxylic acids is 3. The maximum absolute atomic E-state index is 12.9. The number of hydrogen-bond donors (Lipinski definition) is 3. The van der Waals surface area contributed by atoms with E-state index in [0.717, 1.165) is 25.9 Å². The van der Waals surface area contributed by atoms with Gasteiger partial charge < -0.3 is 20.9 Å². The molecule has 1 aromatic carbocycles. The number of hydrogen-bond acceptors (Lipinski definition) is 4. The summed E-state index contributed by atoms with van der Waals surface area (Å²) < 4.78 is 0. The van der Waals surface area contributed by atoms with Gasteiger partial charge in [0.2, 0.25) is 5.91 Å². The second-order valence-electron chi connectivity index (χ2n) is 7.28. The molecule has 1 aromatic rings. The van der Waals surface area contributed by atoms with Crippen LogP contribution in [0, 0.1) is 0 Å². The van der Waals surface area contributed by atoms with Crippen molar-refractivity contribution in [2.75, 3.05) is 24.5 Å². The predicted octanol–water partition coefficient (Wildman–Crippen LogP) is 2.67. The zero-order valence-corrected chi connectivity index (χ0v) is 18.5. The second kappa shape index (κ2) is 11.9. The van der Waals surface area contributed by atoms with Crippen LogP contribution >= 0.6 is 0 Å². The van der Waals surface area contributed by atoms with Gasteiger partial charge in [-0.1, -0.05) is 24.8 Å². The van der Waals surface area contributed by atoms with Crippen molar-refractivity contribution in [2.24, 2.45) is 0 Å². The van der Waals surface area contributed by atoms with Crippen LogP contribution in [-0.4, -0.2) is 43.4 Å². The van der Waals surface area contributed by atoms with Gasteiger partial charge in [-0.2, -0.15) is 0 Å². The molecule has 1 aliphatic rings. The summed E-state index contributed by atoms with van der Waals surface area (Å²) in [5, 5.41) is 9.14. The van der Waals surface area contributed by atoms with E-state index < -0.39 is 0 Å². The van der Waals surface area contributed by atoms with Crippen molar-refractivity contribution in [1.29, 1.82) is 0 Å². The van der Waals surface area contributed by atoms with Gasteiger partial charge in [0, 0.05) is 36.5 Å². The SMILES string of the molecule is C=C/C=C(C(=O)NC1CCNCC1)\C(=C/C)NC(=O)c1cccc(N(CC)C(C)=O)c1. The smallest absolute Gasteiger partial charge is 0.255 e. The van der Waals surface area contributed by atoms with Gasteiger partial charge >= 0.3 is 0 Å². The topological polar surface area (TPSA) is 90.5 Å². The van der Waals surface area contributed by atoms with Crippen LogP contribution in [0.1, 0.15) is 44.0 Å². The zero-order valence-electron chi connectivity index (χ0n) is 18.5. The Kier molecular flexibility index (Phi) is 9.21. The molecule has 0 spiro atoms. The molecule has 0 aromatic heterocycles. The van der Waals surface area contributed by atoms with Crippen LogP contribution in [0.25, 0.3) is 0 Å². The molecule has 166 valence electrons. The maximum atomic E-state index is 12.9. The van der Waals surface area contributed by atoms with Crippen molar-refractivity contribution >= 4 is 23.4 Å². The lowest BCUT2D eigenvalue weighted by Crippen LogP contribution is -2.44. The number of anilines is 1. The Morgan fingerprint density at radius 3 is 2.55 bits per heavy atom. The van der Waals surface area contributed by atoms with Crippen LogP contribution in [0.15, 0.2) is 60.3 Å². The van der Waals surface area contributed by atoms with E-state index in [-0.39, 0.29) is 23.8 Å². The van der Waals surface area contributed by atoms with Crippen molar-refractivity contribution < 1.29 is 14.4 Å². The van der Waals surface area contributed by atoms with Crippen molar-refractivity contribution in [3.8, 4) is 0 Å². The molecule has 3 N–H and O–H groups in total. The number of amides is 3. The quantitative estimate of drug-likeness (QED) is 0.442. The van der Waals surface area contributed by atoms with Crippen molar-refractivity contribution in [1.82, 2.24) is 16.0 Å². The normalized spacial score (nSPS) is 15.2. The van der Waals surface area contributed by atoms with Crippen LogP contribution < -0.4 is 20.9 Å². The Labute approximate surface area is 184 Å². The molecule has 0 unspecified atom stereocenters. The Morgan fingerprint density at radius 1 is 1.26 bits per heavy atom. The molecule has 1 fully saturated rings. The molecule has 0 aliphatic carbocycles. The second-order valence-corrected chi connectivity index (χ2v) is 7.28. The predicted molar refractivity (Wildman–Crippen MR) is 124 cm³/mol. The highest BCUT2D eigenvalue weighted by molar-refractivity contribution is 6.02. The van der Waals surface area contributed by atoms with Gasteiger partial charge in [0.05, 0.1) is 5.57 Å². The zero-order chi connectivity index (χ0) is 22.8. The minimum Gasteiger partial charge on any atom is -0.349 e. The first-order valence-corrected chi connectivity index (χ1v) is 10.6. The Bertz CT molecular complexity index is 883. The molecule has 7 heteroatoms. The van der Waals surface area contributed by atoms with Gasteiger partial charge in [-0.05, 0) is 64.1 Å². The molecule has 31 heavy (non-hydrogen) atoms. The first-order valence-electron chi connectivity index (χ1n) is 10.6. The average molecular weight is 425 g/mol. The summed E-state index contributed by atoms with van der Waals surface area (Å²) in [5.41, 5.74) is 1.79. The highest BCUT2D eigenvalue weighted by Crippen LogP contribution is 2.18. The van der Waals surface area contributed by atoms with Gasteiger partial charge in [-0.25, -0.2) is 0 Å². The summed E-state index contributed by atoms with van der Waals surface area (Å²) in [5.74, 6) is -0.707. The number of nitrogens with zero attached hydrogens (tertiary/aromatic N) is 1. The fraction of sp³-hybridized carbons (Fsp3) is 0.375. The van der Waals surface area contributed by atoms with Gasteiger partial charge in [0.1, 0.15) is 0 Å². The third kappa shape index (κ3) is 6.65. The van der Waals surface area contributed by atoms with Crippen LogP contribution in [0.4, 0.5) is 5.69 Å². The molecular weight excluding hydrogens is 392 g/mol. The monoisotopic (exact) mass is 424 g/mol. The highest BCUT2D eigenvalue weighted by atomic mass is 16.2. The van der Waals surface area contributed by atoms with Gasteiger partial charge in [0.15, 0.2) is 0 Å². The van der Waals surface area contributed by atoms with Crippen LogP contribution in [-0.2, 0) is 9.59 Å².